The molecular weight excluding hydrogens is 417 g/mol. The third kappa shape index (κ3) is 34.8. The van der Waals surface area contributed by atoms with E-state index < -0.39 is 0 Å². The van der Waals surface area contributed by atoms with Crippen LogP contribution in [0.4, 0.5) is 0 Å². The molecule has 0 aliphatic carbocycles. The highest BCUT2D eigenvalue weighted by atomic mass is 127. The Bertz CT molecular complexity index is 6.00. The minimum absolute atomic E-state index is 1.97. The predicted octanol–water partition coefficient (Wildman–Crippen LogP) is 3.15. The molecular formula is C3H9I3. The Balaban J connectivity index is -0.0000000225. The van der Waals surface area contributed by atoms with Crippen molar-refractivity contribution in [2.24, 2.45) is 0 Å². The van der Waals surface area contributed by atoms with Crippen LogP contribution in [0.25, 0.3) is 0 Å². The Morgan fingerprint density at radius 3 is 0.500 bits per heavy atom. The SMILES string of the molecule is CI.CI.CI. The van der Waals surface area contributed by atoms with Crippen LogP contribution in [0.5, 0.6) is 0 Å². The van der Waals surface area contributed by atoms with Gasteiger partial charge in [-0.15, -0.1) is 0 Å². The maximum absolute atomic E-state index is 2.15. The van der Waals surface area contributed by atoms with Gasteiger partial charge in [0.05, 0.1) is 0 Å². The molecule has 0 spiro atoms. The lowest BCUT2D eigenvalue weighted by molar-refractivity contribution is 2.66. The molecule has 0 unspecified atom stereocenters. The van der Waals surface area contributed by atoms with Crippen molar-refractivity contribution in [2.45, 2.75) is 0 Å². The Kier molecular flexibility index (Phi) is 150. The summed E-state index contributed by atoms with van der Waals surface area (Å²) < 4.78 is 0. The highest BCUT2D eigenvalue weighted by Gasteiger charge is 0.954. The third-order valence-electron chi connectivity index (χ3n) is 0. The molecule has 3 heteroatoms. The van der Waals surface area contributed by atoms with Crippen LogP contribution in [-0.2, 0) is 0 Å². The van der Waals surface area contributed by atoms with Crippen molar-refractivity contribution in [3.05, 3.63) is 0 Å². The van der Waals surface area contributed by atoms with E-state index in [0.717, 1.165) is 0 Å². The summed E-state index contributed by atoms with van der Waals surface area (Å²) in [5.74, 6) is 0. The molecule has 0 atom stereocenters. The maximum atomic E-state index is 2.15. The van der Waals surface area contributed by atoms with E-state index in [9.17, 15) is 0 Å². The van der Waals surface area contributed by atoms with Gasteiger partial charge in [-0.25, -0.2) is 0 Å². The van der Waals surface area contributed by atoms with Crippen molar-refractivity contribution in [3.63, 3.8) is 0 Å². The third-order valence-corrected chi connectivity index (χ3v) is 0. The Morgan fingerprint density at radius 2 is 0.500 bits per heavy atom. The molecule has 0 aliphatic rings. The fourth-order valence-electron chi connectivity index (χ4n) is 0. The van der Waals surface area contributed by atoms with Gasteiger partial charge in [0.1, 0.15) is 0 Å². The predicted molar refractivity (Wildman–Crippen MR) is 59.8 cm³/mol. The van der Waals surface area contributed by atoms with Crippen LogP contribution in [0, 0.1) is 0 Å². The lowest BCUT2D eigenvalue weighted by Gasteiger charge is -1.05. The van der Waals surface area contributed by atoms with E-state index in [4.69, 9.17) is 0 Å². The zero-order valence-electron chi connectivity index (χ0n) is 4.13. The summed E-state index contributed by atoms with van der Waals surface area (Å²) in [6, 6.07) is 0. The Labute approximate surface area is 81.3 Å². The van der Waals surface area contributed by atoms with Gasteiger partial charge in [0.25, 0.3) is 0 Å². The highest BCUT2D eigenvalue weighted by molar-refractivity contribution is 14.1. The second-order valence-electron chi connectivity index (χ2n) is 0. The molecule has 42 valence electrons. The van der Waals surface area contributed by atoms with Gasteiger partial charge in [-0.2, -0.15) is 0 Å². The summed E-state index contributed by atoms with van der Waals surface area (Å²) in [5.41, 5.74) is 0. The van der Waals surface area contributed by atoms with Crippen LogP contribution in [-0.4, -0.2) is 14.8 Å². The second-order valence-corrected chi connectivity index (χ2v) is 0. The smallest absolute Gasteiger partial charge is 0.0121 e. The van der Waals surface area contributed by atoms with Crippen LogP contribution >= 0.6 is 67.8 Å². The quantitative estimate of drug-likeness (QED) is 0.413. The first-order chi connectivity index (χ1) is 3.00. The number of alkyl halides is 3. The summed E-state index contributed by atoms with van der Waals surface area (Å²) in [6.45, 7) is 0. The maximum Gasteiger partial charge on any atom is -0.0121 e. The molecule has 6 heavy (non-hydrogen) atoms. The van der Waals surface area contributed by atoms with Gasteiger partial charge in [-0.05, 0) is 14.8 Å². The molecule has 0 bridgehead atoms. The monoisotopic (exact) mass is 426 g/mol. The lowest BCUT2D eigenvalue weighted by Crippen LogP contribution is -0.798. The Hall–Kier alpha value is 2.19. The van der Waals surface area contributed by atoms with E-state index in [-0.39, 0.29) is 0 Å². The minimum Gasteiger partial charge on any atom is -0.0901 e. The van der Waals surface area contributed by atoms with Gasteiger partial charge in [0.2, 0.25) is 0 Å². The summed E-state index contributed by atoms with van der Waals surface area (Å²) >= 11 is 6.45. The van der Waals surface area contributed by atoms with Gasteiger partial charge in [-0.1, -0.05) is 67.8 Å². The molecule has 0 heterocycles. The van der Waals surface area contributed by atoms with Crippen molar-refractivity contribution >= 4 is 67.8 Å². The van der Waals surface area contributed by atoms with E-state index in [2.05, 4.69) is 67.8 Å². The van der Waals surface area contributed by atoms with E-state index in [1.54, 1.807) is 0 Å². The van der Waals surface area contributed by atoms with E-state index >= 15 is 0 Å². The van der Waals surface area contributed by atoms with Gasteiger partial charge < -0.3 is 0 Å². The molecule has 0 amide bonds. The topological polar surface area (TPSA) is 0 Å². The van der Waals surface area contributed by atoms with Crippen molar-refractivity contribution in [1.82, 2.24) is 0 Å². The zero-order valence-corrected chi connectivity index (χ0v) is 10.6. The molecule has 0 rings (SSSR count). The van der Waals surface area contributed by atoms with Crippen LogP contribution in [0.2, 0.25) is 0 Å². The molecule has 0 aliphatic heterocycles. The van der Waals surface area contributed by atoms with Gasteiger partial charge in [0, 0.05) is 0 Å². The van der Waals surface area contributed by atoms with E-state index in [1.165, 1.54) is 0 Å². The van der Waals surface area contributed by atoms with E-state index in [0.29, 0.717) is 0 Å². The zero-order chi connectivity index (χ0) is 6.00. The molecule has 0 fully saturated rings. The van der Waals surface area contributed by atoms with Crippen molar-refractivity contribution in [1.29, 1.82) is 0 Å². The second kappa shape index (κ2) is 57.4. The fraction of sp³-hybridized carbons (Fsp3) is 1.00. The van der Waals surface area contributed by atoms with Crippen LogP contribution < -0.4 is 0 Å². The summed E-state index contributed by atoms with van der Waals surface area (Å²) in [7, 11) is 0. The van der Waals surface area contributed by atoms with Gasteiger partial charge in [0.15, 0.2) is 0 Å². The van der Waals surface area contributed by atoms with Crippen molar-refractivity contribution < 1.29 is 0 Å². The van der Waals surface area contributed by atoms with Crippen LogP contribution in [0.1, 0.15) is 0 Å². The molecule has 0 saturated heterocycles. The average molecular weight is 426 g/mol. The van der Waals surface area contributed by atoms with Crippen molar-refractivity contribution in [3.8, 4) is 0 Å². The average Bonchev–Trinajstić information content (AvgIpc) is 1.81. The first-order valence-corrected chi connectivity index (χ1v) is 7.61. The molecule has 0 radical (unpaired) electrons. The van der Waals surface area contributed by atoms with Gasteiger partial charge in [-0.3, -0.25) is 0 Å². The van der Waals surface area contributed by atoms with Crippen LogP contribution in [0.15, 0.2) is 0 Å². The Morgan fingerprint density at radius 1 is 0.500 bits per heavy atom. The summed E-state index contributed by atoms with van der Waals surface area (Å²) in [5, 5.41) is 0. The highest BCUT2D eigenvalue weighted by Crippen LogP contribution is 1.48. The lowest BCUT2D eigenvalue weighted by atomic mass is 12.0. The van der Waals surface area contributed by atoms with Crippen molar-refractivity contribution in [2.75, 3.05) is 14.8 Å². The summed E-state index contributed by atoms with van der Waals surface area (Å²) in [6.07, 6.45) is 0. The van der Waals surface area contributed by atoms with Gasteiger partial charge >= 0.3 is 0 Å². The molecule has 0 nitrogen and oxygen atoms in total. The molecule has 0 saturated carbocycles. The largest absolute Gasteiger partial charge is 0.0901 e. The molecule has 0 N–H and O–H groups in total. The molecule has 0 aromatic carbocycles. The first-order valence-electron chi connectivity index (χ1n) is 1.13. The summed E-state index contributed by atoms with van der Waals surface area (Å²) in [4.78, 5) is 5.91. The number of rotatable bonds is 0. The van der Waals surface area contributed by atoms with E-state index in [1.807, 2.05) is 14.8 Å². The first kappa shape index (κ1) is 15.7. The number of hydrogen-bond acceptors (Lipinski definition) is 0. The fourth-order valence-corrected chi connectivity index (χ4v) is 0. The molecule has 0 aromatic rings. The standard InChI is InChI=1S/3CH3I/c3*1-2/h3*1H3. The number of halogens is 3. The number of hydrogen-bond donors (Lipinski definition) is 0. The minimum atomic E-state index is 1.97. The van der Waals surface area contributed by atoms with Crippen LogP contribution in [0.3, 0.4) is 0 Å². The normalized spacial score (nSPS) is 3.00. The molecule has 0 aromatic heterocycles.